The van der Waals surface area contributed by atoms with Crippen molar-refractivity contribution in [2.45, 2.75) is 32.2 Å². The highest BCUT2D eigenvalue weighted by Crippen LogP contribution is 2.17. The third-order valence-electron chi connectivity index (χ3n) is 5.10. The van der Waals surface area contributed by atoms with Crippen LogP contribution in [0.2, 0.25) is 0 Å². The molecule has 1 aromatic heterocycles. The van der Waals surface area contributed by atoms with E-state index >= 15 is 0 Å². The van der Waals surface area contributed by atoms with Gasteiger partial charge in [-0.05, 0) is 45.0 Å². The highest BCUT2D eigenvalue weighted by atomic mass is 32.2. The second kappa shape index (κ2) is 10.4. The van der Waals surface area contributed by atoms with E-state index in [1.54, 1.807) is 12.1 Å². The van der Waals surface area contributed by atoms with E-state index in [4.69, 9.17) is 0 Å². The summed E-state index contributed by atoms with van der Waals surface area (Å²) in [5, 5.41) is 9.71. The van der Waals surface area contributed by atoms with Crippen LogP contribution in [-0.4, -0.2) is 43.1 Å². The Balaban J connectivity index is 1.47. The van der Waals surface area contributed by atoms with E-state index < -0.39 is 28.4 Å². The number of carbonyl (C=O) groups excluding carboxylic acids is 2. The fraction of sp³-hybridized carbons (Fsp3) is 0.261. The van der Waals surface area contributed by atoms with E-state index in [-0.39, 0.29) is 18.0 Å². The zero-order valence-corrected chi connectivity index (χ0v) is 19.6. The molecule has 0 aliphatic rings. The molecule has 0 aliphatic heterocycles. The molecule has 9 nitrogen and oxygen atoms in total. The lowest BCUT2D eigenvalue weighted by molar-refractivity contribution is -0.125. The summed E-state index contributed by atoms with van der Waals surface area (Å²) in [4.78, 5) is 24.2. The Morgan fingerprint density at radius 1 is 0.879 bits per heavy atom. The number of amides is 2. The van der Waals surface area contributed by atoms with Crippen molar-refractivity contribution in [3.8, 4) is 5.69 Å². The van der Waals surface area contributed by atoms with Crippen LogP contribution in [0.1, 0.15) is 22.5 Å². The van der Waals surface area contributed by atoms with Crippen LogP contribution in [0.25, 0.3) is 5.69 Å². The predicted octanol–water partition coefficient (Wildman–Crippen LogP) is 1.51. The molecule has 0 radical (unpaired) electrons. The lowest BCUT2D eigenvalue weighted by atomic mass is 10.2. The van der Waals surface area contributed by atoms with Crippen LogP contribution in [-0.2, 0) is 26.2 Å². The van der Waals surface area contributed by atoms with Gasteiger partial charge in [0.05, 0.1) is 29.4 Å². The summed E-state index contributed by atoms with van der Waals surface area (Å²) in [6.07, 6.45) is 0. The van der Waals surface area contributed by atoms with Crippen LogP contribution >= 0.6 is 0 Å². The fourth-order valence-corrected chi connectivity index (χ4v) is 4.19. The molecule has 1 heterocycles. The minimum Gasteiger partial charge on any atom is -0.350 e. The Labute approximate surface area is 193 Å². The molecule has 10 heteroatoms. The Hall–Kier alpha value is -3.50. The van der Waals surface area contributed by atoms with E-state index in [0.717, 1.165) is 28.2 Å². The molecule has 0 spiro atoms. The summed E-state index contributed by atoms with van der Waals surface area (Å²) < 4.78 is 28.5. The Bertz CT molecular complexity index is 1240. The molecule has 0 saturated heterocycles. The normalized spacial score (nSPS) is 11.2. The summed E-state index contributed by atoms with van der Waals surface area (Å²) in [5.41, 5.74) is 4.45. The summed E-state index contributed by atoms with van der Waals surface area (Å²) in [6, 6.07) is 16.0. The highest BCUT2D eigenvalue weighted by molar-refractivity contribution is 7.89. The Kier molecular flexibility index (Phi) is 7.62. The van der Waals surface area contributed by atoms with Gasteiger partial charge in [-0.2, -0.15) is 5.10 Å². The second-order valence-electron chi connectivity index (χ2n) is 7.59. The number of hydrogen-bond donors (Lipinski definition) is 3. The van der Waals surface area contributed by atoms with Crippen LogP contribution < -0.4 is 15.4 Å². The molecule has 0 aliphatic carbocycles. The predicted molar refractivity (Wildman–Crippen MR) is 124 cm³/mol. The number of aryl methyl sites for hydroxylation is 2. The summed E-state index contributed by atoms with van der Waals surface area (Å²) >= 11 is 0. The van der Waals surface area contributed by atoms with Gasteiger partial charge >= 0.3 is 0 Å². The molecule has 3 aromatic rings. The molecule has 0 bridgehead atoms. The molecule has 33 heavy (non-hydrogen) atoms. The van der Waals surface area contributed by atoms with Gasteiger partial charge in [-0.1, -0.05) is 35.9 Å². The number of rotatable bonds is 9. The zero-order chi connectivity index (χ0) is 24.0. The average molecular weight is 470 g/mol. The minimum atomic E-state index is -3.81. The summed E-state index contributed by atoms with van der Waals surface area (Å²) in [6.45, 7) is 5.17. The molecule has 3 rings (SSSR count). The summed E-state index contributed by atoms with van der Waals surface area (Å²) in [5.74, 6) is -0.999. The van der Waals surface area contributed by atoms with Crippen molar-refractivity contribution in [3.63, 3.8) is 0 Å². The molecule has 0 atom stereocenters. The van der Waals surface area contributed by atoms with Gasteiger partial charge in [0.15, 0.2) is 0 Å². The molecule has 174 valence electrons. The van der Waals surface area contributed by atoms with Crippen LogP contribution in [0.15, 0.2) is 59.5 Å². The first-order valence-electron chi connectivity index (χ1n) is 10.4. The first-order valence-corrected chi connectivity index (χ1v) is 11.9. The van der Waals surface area contributed by atoms with Crippen molar-refractivity contribution in [2.24, 2.45) is 0 Å². The number of nitrogens with one attached hydrogen (secondary N) is 3. The molecule has 0 saturated carbocycles. The Morgan fingerprint density at radius 2 is 1.52 bits per heavy atom. The number of sulfonamides is 1. The van der Waals surface area contributed by atoms with Gasteiger partial charge in [0.2, 0.25) is 21.8 Å². The SMILES string of the molecule is Cc1ccc(S(=O)(=O)NCC(=O)NCC(=O)NCc2c(C)nn(-c3ccccc3)c2C)cc1. The molecular formula is C23H27N5O4S. The van der Waals surface area contributed by atoms with E-state index in [0.29, 0.717) is 0 Å². The molecule has 2 aromatic carbocycles. The number of aromatic nitrogens is 2. The zero-order valence-electron chi connectivity index (χ0n) is 18.8. The van der Waals surface area contributed by atoms with E-state index in [1.807, 2.05) is 55.8 Å². The number of hydrogen-bond acceptors (Lipinski definition) is 5. The Morgan fingerprint density at radius 3 is 2.18 bits per heavy atom. The number of nitrogens with zero attached hydrogens (tertiary/aromatic N) is 2. The van der Waals surface area contributed by atoms with Crippen LogP contribution in [0.5, 0.6) is 0 Å². The first kappa shape index (κ1) is 24.1. The average Bonchev–Trinajstić information content (AvgIpc) is 3.09. The maximum atomic E-state index is 12.2. The van der Waals surface area contributed by atoms with E-state index in [2.05, 4.69) is 20.5 Å². The third kappa shape index (κ3) is 6.27. The summed E-state index contributed by atoms with van der Waals surface area (Å²) in [7, 11) is -3.81. The molecule has 0 fully saturated rings. The van der Waals surface area contributed by atoms with Crippen LogP contribution in [0.4, 0.5) is 0 Å². The van der Waals surface area contributed by atoms with Crippen molar-refractivity contribution in [1.29, 1.82) is 0 Å². The van der Waals surface area contributed by atoms with E-state index in [1.165, 1.54) is 12.1 Å². The quantitative estimate of drug-likeness (QED) is 0.439. The van der Waals surface area contributed by atoms with Crippen molar-refractivity contribution < 1.29 is 18.0 Å². The highest BCUT2D eigenvalue weighted by Gasteiger charge is 2.16. The molecular weight excluding hydrogens is 442 g/mol. The van der Waals surface area contributed by atoms with Gasteiger partial charge in [0.25, 0.3) is 0 Å². The molecule has 2 amide bonds. The largest absolute Gasteiger partial charge is 0.350 e. The van der Waals surface area contributed by atoms with Gasteiger partial charge < -0.3 is 10.6 Å². The lowest BCUT2D eigenvalue weighted by Crippen LogP contribution is -2.41. The van der Waals surface area contributed by atoms with Crippen molar-refractivity contribution >= 4 is 21.8 Å². The van der Waals surface area contributed by atoms with Gasteiger partial charge in [0.1, 0.15) is 0 Å². The van der Waals surface area contributed by atoms with Crippen molar-refractivity contribution in [2.75, 3.05) is 13.1 Å². The lowest BCUT2D eigenvalue weighted by Gasteiger charge is -2.09. The van der Waals surface area contributed by atoms with Crippen molar-refractivity contribution in [3.05, 3.63) is 77.1 Å². The standard InChI is InChI=1S/C23H27N5O4S/c1-16-9-11-20(12-10-16)33(31,32)26-15-23(30)25-14-22(29)24-13-21-17(2)27-28(18(21)3)19-7-5-4-6-8-19/h4-12,26H,13-15H2,1-3H3,(H,24,29)(H,25,30). The topological polar surface area (TPSA) is 122 Å². The molecule has 0 unspecified atom stereocenters. The second-order valence-corrected chi connectivity index (χ2v) is 9.35. The van der Waals surface area contributed by atoms with Crippen LogP contribution in [0.3, 0.4) is 0 Å². The third-order valence-corrected chi connectivity index (χ3v) is 6.52. The number of carbonyl (C=O) groups is 2. The minimum absolute atomic E-state index is 0.0698. The fourth-order valence-electron chi connectivity index (χ4n) is 3.20. The number of para-hydroxylation sites is 1. The maximum absolute atomic E-state index is 12.2. The van der Waals surface area contributed by atoms with Crippen LogP contribution in [0, 0.1) is 20.8 Å². The van der Waals surface area contributed by atoms with Crippen molar-refractivity contribution in [1.82, 2.24) is 25.1 Å². The van der Waals surface area contributed by atoms with Gasteiger partial charge in [-0.25, -0.2) is 17.8 Å². The smallest absolute Gasteiger partial charge is 0.241 e. The first-order chi connectivity index (χ1) is 15.7. The number of benzene rings is 2. The maximum Gasteiger partial charge on any atom is 0.241 e. The molecule has 3 N–H and O–H groups in total. The van der Waals surface area contributed by atoms with Gasteiger partial charge in [-0.3, -0.25) is 9.59 Å². The van der Waals surface area contributed by atoms with E-state index in [9.17, 15) is 18.0 Å². The van der Waals surface area contributed by atoms with Gasteiger partial charge in [-0.15, -0.1) is 0 Å². The van der Waals surface area contributed by atoms with Gasteiger partial charge in [0, 0.05) is 17.8 Å². The monoisotopic (exact) mass is 469 g/mol.